The Bertz CT molecular complexity index is 480. The highest BCUT2D eigenvalue weighted by molar-refractivity contribution is 5.27. The molecule has 0 radical (unpaired) electrons. The average molecular weight is 317 g/mol. The molecule has 0 bridgehead atoms. The molecule has 1 saturated heterocycles. The molecular weight excluding hydrogens is 295 g/mol. The summed E-state index contributed by atoms with van der Waals surface area (Å²) >= 11 is 0. The molecule has 0 aliphatic carbocycles. The average Bonchev–Trinajstić information content (AvgIpc) is 2.85. The van der Waals surface area contributed by atoms with Gasteiger partial charge in [-0.3, -0.25) is 4.90 Å². The van der Waals surface area contributed by atoms with E-state index in [0.717, 1.165) is 24.9 Å². The predicted octanol–water partition coefficient (Wildman–Crippen LogP) is 3.36. The molecule has 6 heteroatoms. The van der Waals surface area contributed by atoms with Crippen molar-refractivity contribution in [1.82, 2.24) is 4.90 Å². The van der Waals surface area contributed by atoms with Gasteiger partial charge in [-0.2, -0.15) is 13.2 Å². The fraction of sp³-hybridized carbons (Fsp3) is 0.625. The molecule has 2 rings (SSSR count). The van der Waals surface area contributed by atoms with E-state index >= 15 is 0 Å². The third kappa shape index (κ3) is 4.88. The quantitative estimate of drug-likeness (QED) is 0.904. The summed E-state index contributed by atoms with van der Waals surface area (Å²) in [5.74, 6) is 0.210. The van der Waals surface area contributed by atoms with Gasteiger partial charge < -0.3 is 9.84 Å². The summed E-state index contributed by atoms with van der Waals surface area (Å²) in [5, 5.41) is 10.2. The Morgan fingerprint density at radius 2 is 1.86 bits per heavy atom. The largest absolute Gasteiger partial charge is 0.484 e. The van der Waals surface area contributed by atoms with Gasteiger partial charge in [-0.15, -0.1) is 0 Å². The molecule has 1 heterocycles. The Balaban J connectivity index is 1.94. The van der Waals surface area contributed by atoms with Crippen LogP contribution in [0.25, 0.3) is 0 Å². The van der Waals surface area contributed by atoms with E-state index in [4.69, 9.17) is 4.74 Å². The van der Waals surface area contributed by atoms with Crippen molar-refractivity contribution in [3.8, 4) is 5.75 Å². The molecule has 0 spiro atoms. The Labute approximate surface area is 128 Å². The number of ether oxygens (including phenoxy) is 1. The number of aliphatic hydroxyl groups is 1. The van der Waals surface area contributed by atoms with Crippen LogP contribution < -0.4 is 4.74 Å². The summed E-state index contributed by atoms with van der Waals surface area (Å²) in [6.45, 7) is 3.93. The first-order valence-corrected chi connectivity index (χ1v) is 7.40. The number of nitrogens with zero attached hydrogens (tertiary/aromatic N) is 1. The Kier molecular flexibility index (Phi) is 5.02. The monoisotopic (exact) mass is 317 g/mol. The smallest absolute Gasteiger partial charge is 0.422 e. The third-order valence-electron chi connectivity index (χ3n) is 3.89. The molecule has 1 aliphatic heterocycles. The molecular formula is C16H22F3NO2. The topological polar surface area (TPSA) is 32.7 Å². The van der Waals surface area contributed by atoms with E-state index in [1.54, 1.807) is 24.3 Å². The van der Waals surface area contributed by atoms with E-state index in [-0.39, 0.29) is 11.8 Å². The van der Waals surface area contributed by atoms with Crippen molar-refractivity contribution in [3.63, 3.8) is 0 Å². The number of hydrogen-bond donors (Lipinski definition) is 1. The normalized spacial score (nSPS) is 20.4. The lowest BCUT2D eigenvalue weighted by atomic mass is 9.96. The minimum absolute atomic E-state index is 0.105. The SMILES string of the molecule is CC(C)(O)C1CCCN1Cc1ccc(OCC(F)(F)F)cc1. The number of hydrogen-bond acceptors (Lipinski definition) is 3. The van der Waals surface area contributed by atoms with E-state index in [1.165, 1.54) is 0 Å². The highest BCUT2D eigenvalue weighted by Crippen LogP contribution is 2.28. The van der Waals surface area contributed by atoms with Crippen molar-refractivity contribution in [2.24, 2.45) is 0 Å². The van der Waals surface area contributed by atoms with Gasteiger partial charge >= 0.3 is 6.18 Å². The van der Waals surface area contributed by atoms with Crippen LogP contribution in [-0.4, -0.2) is 41.0 Å². The molecule has 1 aliphatic rings. The van der Waals surface area contributed by atoms with Gasteiger partial charge in [-0.25, -0.2) is 0 Å². The lowest BCUT2D eigenvalue weighted by Crippen LogP contribution is -2.45. The molecule has 1 atom stereocenters. The first-order chi connectivity index (χ1) is 10.1. The van der Waals surface area contributed by atoms with E-state index in [2.05, 4.69) is 4.90 Å². The summed E-state index contributed by atoms with van der Waals surface area (Å²) in [6.07, 6.45) is -2.33. The second-order valence-electron chi connectivity index (χ2n) is 6.33. The highest BCUT2D eigenvalue weighted by Gasteiger charge is 2.35. The highest BCUT2D eigenvalue weighted by atomic mass is 19.4. The molecule has 1 aromatic rings. The Morgan fingerprint density at radius 1 is 1.23 bits per heavy atom. The minimum Gasteiger partial charge on any atom is -0.484 e. The lowest BCUT2D eigenvalue weighted by molar-refractivity contribution is -0.153. The molecule has 1 aromatic carbocycles. The zero-order valence-electron chi connectivity index (χ0n) is 12.9. The molecule has 1 fully saturated rings. The summed E-state index contributed by atoms with van der Waals surface area (Å²) in [6, 6.07) is 6.75. The summed E-state index contributed by atoms with van der Waals surface area (Å²) in [5.41, 5.74) is 0.238. The van der Waals surface area contributed by atoms with E-state index < -0.39 is 18.4 Å². The third-order valence-corrected chi connectivity index (χ3v) is 3.89. The molecule has 1 N–H and O–H groups in total. The van der Waals surface area contributed by atoms with Crippen LogP contribution in [0.4, 0.5) is 13.2 Å². The van der Waals surface area contributed by atoms with Crippen LogP contribution in [0.2, 0.25) is 0 Å². The van der Waals surface area contributed by atoms with E-state index in [9.17, 15) is 18.3 Å². The van der Waals surface area contributed by atoms with Crippen molar-refractivity contribution in [2.45, 2.75) is 51.1 Å². The summed E-state index contributed by atoms with van der Waals surface area (Å²) < 4.78 is 41.0. The zero-order chi connectivity index (χ0) is 16.4. The van der Waals surface area contributed by atoms with Gasteiger partial charge in [-0.1, -0.05) is 12.1 Å². The summed E-state index contributed by atoms with van der Waals surface area (Å²) in [7, 11) is 0. The summed E-state index contributed by atoms with van der Waals surface area (Å²) in [4.78, 5) is 2.21. The van der Waals surface area contributed by atoms with Gasteiger partial charge in [-0.05, 0) is 50.9 Å². The van der Waals surface area contributed by atoms with Crippen LogP contribution in [0.3, 0.4) is 0 Å². The zero-order valence-corrected chi connectivity index (χ0v) is 12.9. The van der Waals surface area contributed by atoms with E-state index in [0.29, 0.717) is 6.54 Å². The molecule has 0 amide bonds. The van der Waals surface area contributed by atoms with Crippen LogP contribution >= 0.6 is 0 Å². The molecule has 3 nitrogen and oxygen atoms in total. The number of halogens is 3. The van der Waals surface area contributed by atoms with E-state index in [1.807, 2.05) is 13.8 Å². The van der Waals surface area contributed by atoms with Gasteiger partial charge in [0.25, 0.3) is 0 Å². The maximum Gasteiger partial charge on any atom is 0.422 e. The molecule has 1 unspecified atom stereocenters. The molecule has 0 aromatic heterocycles. The second kappa shape index (κ2) is 6.46. The minimum atomic E-state index is -4.33. The standard InChI is InChI=1S/C16H22F3NO2/c1-15(2,21)14-4-3-9-20(14)10-12-5-7-13(8-6-12)22-11-16(17,18)19/h5-8,14,21H,3-4,9-11H2,1-2H3. The second-order valence-corrected chi connectivity index (χ2v) is 6.33. The lowest BCUT2D eigenvalue weighted by Gasteiger charge is -2.33. The van der Waals surface area contributed by atoms with Crippen LogP contribution in [0, 0.1) is 0 Å². The number of benzene rings is 1. The number of alkyl halides is 3. The maximum atomic E-state index is 12.1. The first-order valence-electron chi connectivity index (χ1n) is 7.40. The number of likely N-dealkylation sites (tertiary alicyclic amines) is 1. The van der Waals surface area contributed by atoms with Crippen molar-refractivity contribution in [2.75, 3.05) is 13.2 Å². The van der Waals surface area contributed by atoms with Crippen LogP contribution in [0.5, 0.6) is 5.75 Å². The van der Waals surface area contributed by atoms with Gasteiger partial charge in [0.05, 0.1) is 5.60 Å². The predicted molar refractivity (Wildman–Crippen MR) is 77.7 cm³/mol. The maximum absolute atomic E-state index is 12.1. The number of rotatable bonds is 5. The van der Waals surface area contributed by atoms with Crippen LogP contribution in [0.1, 0.15) is 32.3 Å². The Hall–Kier alpha value is -1.27. The molecule has 22 heavy (non-hydrogen) atoms. The van der Waals surface area contributed by atoms with Crippen LogP contribution in [0.15, 0.2) is 24.3 Å². The van der Waals surface area contributed by atoms with Crippen molar-refractivity contribution >= 4 is 0 Å². The van der Waals surface area contributed by atoms with Crippen molar-refractivity contribution < 1.29 is 23.0 Å². The van der Waals surface area contributed by atoms with Gasteiger partial charge in [0.15, 0.2) is 6.61 Å². The fourth-order valence-corrected chi connectivity index (χ4v) is 2.91. The van der Waals surface area contributed by atoms with Gasteiger partial charge in [0, 0.05) is 12.6 Å². The first kappa shape index (κ1) is 17.1. The fourth-order valence-electron chi connectivity index (χ4n) is 2.91. The van der Waals surface area contributed by atoms with Crippen molar-refractivity contribution in [3.05, 3.63) is 29.8 Å². The van der Waals surface area contributed by atoms with Crippen LogP contribution in [-0.2, 0) is 6.54 Å². The molecule has 124 valence electrons. The Morgan fingerprint density at radius 3 is 2.41 bits per heavy atom. The van der Waals surface area contributed by atoms with Gasteiger partial charge in [0.1, 0.15) is 5.75 Å². The van der Waals surface area contributed by atoms with Crippen molar-refractivity contribution in [1.29, 1.82) is 0 Å². The molecule has 0 saturated carbocycles. The van der Waals surface area contributed by atoms with Gasteiger partial charge in [0.2, 0.25) is 0 Å².